The lowest BCUT2D eigenvalue weighted by molar-refractivity contribution is 0.103. The molecule has 0 bridgehead atoms. The number of aryl methyl sites for hydroxylation is 1. The van der Waals surface area contributed by atoms with Gasteiger partial charge in [-0.3, -0.25) is 4.79 Å². The first kappa shape index (κ1) is 16.2. The highest BCUT2D eigenvalue weighted by molar-refractivity contribution is 7.12. The number of carbonyl (C=O) groups excluding carboxylic acids is 1. The Morgan fingerprint density at radius 1 is 1.00 bits per heavy atom. The highest BCUT2D eigenvalue weighted by Gasteiger charge is 2.11. The van der Waals surface area contributed by atoms with E-state index >= 15 is 0 Å². The molecule has 4 rings (SSSR count). The molecule has 0 saturated carbocycles. The van der Waals surface area contributed by atoms with E-state index in [2.05, 4.69) is 15.5 Å². The third kappa shape index (κ3) is 3.41. The summed E-state index contributed by atoms with van der Waals surface area (Å²) in [6.45, 7) is 2.03. The lowest BCUT2D eigenvalue weighted by atomic mass is 10.1. The molecule has 0 aliphatic heterocycles. The van der Waals surface area contributed by atoms with Gasteiger partial charge in [-0.15, -0.1) is 11.3 Å². The summed E-state index contributed by atoms with van der Waals surface area (Å²) < 4.78 is 5.37. The predicted octanol–water partition coefficient (Wildman–Crippen LogP) is 5.03. The minimum atomic E-state index is -0.118. The quantitative estimate of drug-likeness (QED) is 0.554. The molecule has 2 aromatic heterocycles. The van der Waals surface area contributed by atoms with Crippen molar-refractivity contribution in [2.45, 2.75) is 6.92 Å². The van der Waals surface area contributed by atoms with E-state index in [0.29, 0.717) is 22.3 Å². The molecule has 0 saturated heterocycles. The molecule has 26 heavy (non-hydrogen) atoms. The van der Waals surface area contributed by atoms with Gasteiger partial charge in [0.05, 0.1) is 4.88 Å². The number of aromatic nitrogens is 2. The number of rotatable bonds is 4. The molecule has 2 aromatic carbocycles. The first-order valence-corrected chi connectivity index (χ1v) is 8.93. The van der Waals surface area contributed by atoms with Crippen molar-refractivity contribution < 1.29 is 9.32 Å². The van der Waals surface area contributed by atoms with Gasteiger partial charge >= 0.3 is 0 Å². The molecule has 0 aliphatic carbocycles. The predicted molar refractivity (Wildman–Crippen MR) is 102 cm³/mol. The maximum atomic E-state index is 12.1. The minimum absolute atomic E-state index is 0.118. The van der Waals surface area contributed by atoms with E-state index in [9.17, 15) is 4.79 Å². The second-order valence-corrected chi connectivity index (χ2v) is 6.75. The lowest BCUT2D eigenvalue weighted by Crippen LogP contribution is -2.09. The number of thiophene rings is 1. The van der Waals surface area contributed by atoms with E-state index in [0.717, 1.165) is 11.1 Å². The van der Waals surface area contributed by atoms with Crippen LogP contribution in [-0.2, 0) is 0 Å². The van der Waals surface area contributed by atoms with Gasteiger partial charge in [0.1, 0.15) is 0 Å². The molecule has 2 heterocycles. The maximum Gasteiger partial charge on any atom is 0.265 e. The van der Waals surface area contributed by atoms with Crippen molar-refractivity contribution in [3.05, 3.63) is 76.5 Å². The Kier molecular flexibility index (Phi) is 4.33. The van der Waals surface area contributed by atoms with Crippen molar-refractivity contribution in [1.82, 2.24) is 10.1 Å². The average Bonchev–Trinajstić information content (AvgIpc) is 3.35. The Labute approximate surface area is 154 Å². The van der Waals surface area contributed by atoms with Gasteiger partial charge in [-0.05, 0) is 42.6 Å². The summed E-state index contributed by atoms with van der Waals surface area (Å²) in [5.41, 5.74) is 3.60. The zero-order valence-corrected chi connectivity index (χ0v) is 14.8. The second kappa shape index (κ2) is 6.93. The molecular weight excluding hydrogens is 346 g/mol. The van der Waals surface area contributed by atoms with Gasteiger partial charge in [-0.1, -0.05) is 41.1 Å². The van der Waals surface area contributed by atoms with Gasteiger partial charge < -0.3 is 9.84 Å². The molecule has 0 aliphatic rings. The molecule has 5 nitrogen and oxygen atoms in total. The molecule has 0 unspecified atom stereocenters. The monoisotopic (exact) mass is 361 g/mol. The van der Waals surface area contributed by atoms with Crippen molar-refractivity contribution in [1.29, 1.82) is 0 Å². The van der Waals surface area contributed by atoms with Gasteiger partial charge in [-0.2, -0.15) is 4.98 Å². The van der Waals surface area contributed by atoms with E-state index in [1.165, 1.54) is 16.9 Å². The molecule has 4 aromatic rings. The molecule has 1 N–H and O–H groups in total. The number of carbonyl (C=O) groups is 1. The molecule has 1 amide bonds. The normalized spacial score (nSPS) is 10.7. The Hall–Kier alpha value is -3.25. The molecule has 128 valence electrons. The van der Waals surface area contributed by atoms with Gasteiger partial charge in [0, 0.05) is 16.8 Å². The smallest absolute Gasteiger partial charge is 0.265 e. The van der Waals surface area contributed by atoms with Crippen LogP contribution in [0, 0.1) is 6.92 Å². The lowest BCUT2D eigenvalue weighted by Gasteiger charge is -2.03. The van der Waals surface area contributed by atoms with Crippen molar-refractivity contribution in [3.63, 3.8) is 0 Å². The van der Waals surface area contributed by atoms with Gasteiger partial charge in [0.25, 0.3) is 11.8 Å². The molecule has 6 heteroatoms. The fraction of sp³-hybridized carbons (Fsp3) is 0.0500. The van der Waals surface area contributed by atoms with Crippen LogP contribution in [-0.4, -0.2) is 16.0 Å². The van der Waals surface area contributed by atoms with Crippen LogP contribution in [0.25, 0.3) is 22.8 Å². The number of hydrogen-bond acceptors (Lipinski definition) is 5. The number of nitrogens with zero attached hydrogens (tertiary/aromatic N) is 2. The number of nitrogens with one attached hydrogen (secondary N) is 1. The summed E-state index contributed by atoms with van der Waals surface area (Å²) in [6, 6.07) is 18.9. The van der Waals surface area contributed by atoms with Crippen LogP contribution in [0.3, 0.4) is 0 Å². The summed E-state index contributed by atoms with van der Waals surface area (Å²) >= 11 is 1.41. The molecule has 0 radical (unpaired) electrons. The third-order valence-corrected chi connectivity index (χ3v) is 4.74. The van der Waals surface area contributed by atoms with Gasteiger partial charge in [0.2, 0.25) is 5.82 Å². The highest BCUT2D eigenvalue weighted by Crippen LogP contribution is 2.24. The fourth-order valence-corrected chi connectivity index (χ4v) is 3.08. The Balaban J connectivity index is 1.50. The van der Waals surface area contributed by atoms with Crippen LogP contribution in [0.2, 0.25) is 0 Å². The van der Waals surface area contributed by atoms with Crippen LogP contribution < -0.4 is 5.32 Å². The molecule has 0 atom stereocenters. The summed E-state index contributed by atoms with van der Waals surface area (Å²) in [4.78, 5) is 17.2. The Morgan fingerprint density at radius 3 is 2.42 bits per heavy atom. The van der Waals surface area contributed by atoms with Crippen LogP contribution in [0.5, 0.6) is 0 Å². The first-order chi connectivity index (χ1) is 12.7. The third-order valence-electron chi connectivity index (χ3n) is 3.87. The first-order valence-electron chi connectivity index (χ1n) is 8.05. The Bertz CT molecular complexity index is 1020. The van der Waals surface area contributed by atoms with E-state index in [1.54, 1.807) is 6.07 Å². The van der Waals surface area contributed by atoms with Crippen molar-refractivity contribution in [2.24, 2.45) is 0 Å². The second-order valence-electron chi connectivity index (χ2n) is 5.80. The van der Waals surface area contributed by atoms with Gasteiger partial charge in [-0.25, -0.2) is 0 Å². The van der Waals surface area contributed by atoms with Crippen LogP contribution >= 0.6 is 11.3 Å². The molecule has 0 spiro atoms. The fourth-order valence-electron chi connectivity index (χ4n) is 2.46. The number of hydrogen-bond donors (Lipinski definition) is 1. The highest BCUT2D eigenvalue weighted by atomic mass is 32.1. The number of benzene rings is 2. The van der Waals surface area contributed by atoms with E-state index in [4.69, 9.17) is 4.52 Å². The van der Waals surface area contributed by atoms with Crippen LogP contribution in [0.4, 0.5) is 5.69 Å². The van der Waals surface area contributed by atoms with Crippen molar-refractivity contribution >= 4 is 22.9 Å². The average molecular weight is 361 g/mol. The van der Waals surface area contributed by atoms with Gasteiger partial charge in [0.15, 0.2) is 0 Å². The molecular formula is C20H15N3O2S. The van der Waals surface area contributed by atoms with Crippen molar-refractivity contribution in [3.8, 4) is 22.8 Å². The van der Waals surface area contributed by atoms with Crippen LogP contribution in [0.1, 0.15) is 15.2 Å². The molecule has 0 fully saturated rings. The number of amides is 1. The summed E-state index contributed by atoms with van der Waals surface area (Å²) in [5, 5.41) is 8.78. The zero-order chi connectivity index (χ0) is 17.9. The van der Waals surface area contributed by atoms with E-state index in [1.807, 2.05) is 66.9 Å². The zero-order valence-electron chi connectivity index (χ0n) is 14.0. The SMILES string of the molecule is Cc1ccc(-c2noc(-c3ccc(NC(=O)c4cccs4)cc3)n2)cc1. The summed E-state index contributed by atoms with van der Waals surface area (Å²) in [5.74, 6) is 0.874. The largest absolute Gasteiger partial charge is 0.334 e. The van der Waals surface area contributed by atoms with E-state index < -0.39 is 0 Å². The standard InChI is InChI=1S/C20H15N3O2S/c1-13-4-6-14(7-5-13)18-22-20(25-23-18)15-8-10-16(11-9-15)21-19(24)17-3-2-12-26-17/h2-12H,1H3,(H,21,24). The maximum absolute atomic E-state index is 12.1. The Morgan fingerprint density at radius 2 is 1.73 bits per heavy atom. The summed E-state index contributed by atoms with van der Waals surface area (Å²) in [6.07, 6.45) is 0. The number of anilines is 1. The van der Waals surface area contributed by atoms with Crippen LogP contribution in [0.15, 0.2) is 70.6 Å². The van der Waals surface area contributed by atoms with E-state index in [-0.39, 0.29) is 5.91 Å². The van der Waals surface area contributed by atoms with Crippen molar-refractivity contribution in [2.75, 3.05) is 5.32 Å². The minimum Gasteiger partial charge on any atom is -0.334 e. The topological polar surface area (TPSA) is 68.0 Å². The summed E-state index contributed by atoms with van der Waals surface area (Å²) in [7, 11) is 0.